The molecule has 4 heterocycles. The van der Waals surface area contributed by atoms with Crippen molar-refractivity contribution in [3.8, 4) is 0 Å². The largest absolute Gasteiger partial charge is 0.342 e. The summed E-state index contributed by atoms with van der Waals surface area (Å²) >= 11 is 0. The van der Waals surface area contributed by atoms with Crippen LogP contribution in [0.15, 0.2) is 17.2 Å². The molecule has 3 aromatic rings. The predicted octanol–water partition coefficient (Wildman–Crippen LogP) is 1.31. The van der Waals surface area contributed by atoms with Crippen molar-refractivity contribution < 1.29 is 4.79 Å². The van der Waals surface area contributed by atoms with Gasteiger partial charge in [-0.05, 0) is 18.8 Å². The van der Waals surface area contributed by atoms with E-state index in [1.54, 1.807) is 12.4 Å². The third kappa shape index (κ3) is 2.32. The number of carbonyl (C=O) groups excluding carboxylic acids is 1. The first-order valence-corrected chi connectivity index (χ1v) is 8.69. The molecule has 5 rings (SSSR count). The second-order valence-corrected chi connectivity index (χ2v) is 7.05. The highest BCUT2D eigenvalue weighted by Crippen LogP contribution is 2.32. The van der Waals surface area contributed by atoms with Crippen molar-refractivity contribution in [1.82, 2.24) is 29.8 Å². The van der Waals surface area contributed by atoms with Crippen molar-refractivity contribution in [3.05, 3.63) is 28.6 Å². The van der Waals surface area contributed by atoms with Crippen LogP contribution < -0.4 is 5.56 Å². The van der Waals surface area contributed by atoms with Crippen molar-refractivity contribution in [2.24, 2.45) is 5.92 Å². The number of fused-ring (bicyclic) bond motifs is 3. The molecule has 1 aliphatic carbocycles. The molecule has 2 fully saturated rings. The van der Waals surface area contributed by atoms with Crippen molar-refractivity contribution in [2.75, 3.05) is 13.1 Å². The number of likely N-dealkylation sites (tertiary alicyclic amines) is 1. The standard InChI is InChI=1S/C17H18N6O2/c24-11-6-10(8-23(11)7-9-2-1-3-9)15-20-12-13-16(19-5-4-18-13)21-14(12)17(25)22-15/h4-5,9-10H,1-3,6-8H2,(H,19,21)(H,20,22,25). The average molecular weight is 338 g/mol. The lowest BCUT2D eigenvalue weighted by atomic mass is 9.85. The molecule has 8 heteroatoms. The SMILES string of the molecule is O=C1CC(c2nc3c([nH]c4nccnc43)c(=O)[nH]2)CN1CC1CCC1. The van der Waals surface area contributed by atoms with Gasteiger partial charge in [0.2, 0.25) is 5.91 Å². The fourth-order valence-corrected chi connectivity index (χ4v) is 3.81. The molecule has 0 aromatic carbocycles. The molecule has 2 aliphatic rings. The molecular formula is C17H18N6O2. The van der Waals surface area contributed by atoms with Gasteiger partial charge < -0.3 is 14.9 Å². The van der Waals surface area contributed by atoms with Gasteiger partial charge in [-0.3, -0.25) is 9.59 Å². The topological polar surface area (TPSA) is 108 Å². The zero-order chi connectivity index (χ0) is 17.0. The summed E-state index contributed by atoms with van der Waals surface area (Å²) in [6, 6.07) is 0. The van der Waals surface area contributed by atoms with E-state index < -0.39 is 0 Å². The fraction of sp³-hybridized carbons (Fsp3) is 0.471. The van der Waals surface area contributed by atoms with Crippen LogP contribution in [0.5, 0.6) is 0 Å². The number of hydrogen-bond donors (Lipinski definition) is 2. The van der Waals surface area contributed by atoms with Gasteiger partial charge in [0.1, 0.15) is 22.4 Å². The molecule has 1 saturated carbocycles. The summed E-state index contributed by atoms with van der Waals surface area (Å²) in [6.07, 6.45) is 7.24. The normalized spacial score (nSPS) is 21.4. The monoisotopic (exact) mass is 338 g/mol. The van der Waals surface area contributed by atoms with Crippen molar-refractivity contribution in [3.63, 3.8) is 0 Å². The number of rotatable bonds is 3. The summed E-state index contributed by atoms with van der Waals surface area (Å²) in [6.45, 7) is 1.46. The summed E-state index contributed by atoms with van der Waals surface area (Å²) in [5.41, 5.74) is 1.78. The minimum absolute atomic E-state index is 0.0775. The number of H-pyrrole nitrogens is 2. The van der Waals surface area contributed by atoms with E-state index in [1.165, 1.54) is 19.3 Å². The predicted molar refractivity (Wildman–Crippen MR) is 91.1 cm³/mol. The lowest BCUT2D eigenvalue weighted by Gasteiger charge is -2.30. The highest BCUT2D eigenvalue weighted by molar-refractivity contribution is 6.00. The summed E-state index contributed by atoms with van der Waals surface area (Å²) in [5, 5.41) is 0. The minimum Gasteiger partial charge on any atom is -0.342 e. The van der Waals surface area contributed by atoms with Crippen molar-refractivity contribution in [1.29, 1.82) is 0 Å². The molecule has 0 bridgehead atoms. The van der Waals surface area contributed by atoms with Crippen LogP contribution in [-0.2, 0) is 4.79 Å². The number of aromatic amines is 2. The van der Waals surface area contributed by atoms with E-state index in [4.69, 9.17) is 0 Å². The molecule has 0 spiro atoms. The van der Waals surface area contributed by atoms with Crippen molar-refractivity contribution in [2.45, 2.75) is 31.6 Å². The van der Waals surface area contributed by atoms with E-state index in [0.29, 0.717) is 46.9 Å². The van der Waals surface area contributed by atoms with Crippen LogP contribution in [0.25, 0.3) is 22.2 Å². The molecule has 1 aliphatic heterocycles. The Kier molecular flexibility index (Phi) is 3.13. The van der Waals surface area contributed by atoms with Gasteiger partial charge in [0, 0.05) is 37.8 Å². The Morgan fingerprint density at radius 3 is 2.76 bits per heavy atom. The Balaban J connectivity index is 1.51. The number of carbonyl (C=O) groups is 1. The molecular weight excluding hydrogens is 320 g/mol. The quantitative estimate of drug-likeness (QED) is 0.748. The van der Waals surface area contributed by atoms with E-state index in [-0.39, 0.29) is 17.4 Å². The molecule has 1 unspecified atom stereocenters. The second kappa shape index (κ2) is 5.37. The minimum atomic E-state index is -0.246. The number of nitrogens with zero attached hydrogens (tertiary/aromatic N) is 4. The second-order valence-electron chi connectivity index (χ2n) is 7.05. The molecule has 8 nitrogen and oxygen atoms in total. The van der Waals surface area contributed by atoms with Gasteiger partial charge in [-0.1, -0.05) is 6.42 Å². The van der Waals surface area contributed by atoms with E-state index in [1.807, 2.05) is 4.90 Å². The highest BCUT2D eigenvalue weighted by atomic mass is 16.2. The van der Waals surface area contributed by atoms with Crippen LogP contribution in [0.3, 0.4) is 0 Å². The smallest absolute Gasteiger partial charge is 0.275 e. The Labute approximate surface area is 142 Å². The summed E-state index contributed by atoms with van der Waals surface area (Å²) in [4.78, 5) is 45.6. The average Bonchev–Trinajstić information content (AvgIpc) is 3.12. The third-order valence-corrected chi connectivity index (χ3v) is 5.41. The zero-order valence-corrected chi connectivity index (χ0v) is 13.7. The fourth-order valence-electron chi connectivity index (χ4n) is 3.81. The van der Waals surface area contributed by atoms with E-state index in [2.05, 4.69) is 24.9 Å². The zero-order valence-electron chi connectivity index (χ0n) is 13.7. The molecule has 0 radical (unpaired) electrons. The van der Waals surface area contributed by atoms with Gasteiger partial charge in [0.25, 0.3) is 5.56 Å². The summed E-state index contributed by atoms with van der Waals surface area (Å²) in [5.74, 6) is 1.28. The first-order valence-electron chi connectivity index (χ1n) is 8.69. The number of amides is 1. The molecule has 25 heavy (non-hydrogen) atoms. The Bertz CT molecular complexity index is 1030. The Morgan fingerprint density at radius 2 is 1.96 bits per heavy atom. The van der Waals surface area contributed by atoms with Gasteiger partial charge in [0.05, 0.1) is 0 Å². The van der Waals surface area contributed by atoms with Gasteiger partial charge in [-0.25, -0.2) is 15.0 Å². The van der Waals surface area contributed by atoms with E-state index in [9.17, 15) is 9.59 Å². The van der Waals surface area contributed by atoms with Gasteiger partial charge in [-0.15, -0.1) is 0 Å². The Hall–Kier alpha value is -2.77. The Morgan fingerprint density at radius 1 is 1.12 bits per heavy atom. The van der Waals surface area contributed by atoms with Gasteiger partial charge in [-0.2, -0.15) is 0 Å². The lowest BCUT2D eigenvalue weighted by molar-refractivity contribution is -0.128. The van der Waals surface area contributed by atoms with Crippen LogP contribution in [0.2, 0.25) is 0 Å². The van der Waals surface area contributed by atoms with Crippen LogP contribution in [0.1, 0.15) is 37.4 Å². The van der Waals surface area contributed by atoms with E-state index >= 15 is 0 Å². The molecule has 3 aromatic heterocycles. The molecule has 2 N–H and O–H groups in total. The number of hydrogen-bond acceptors (Lipinski definition) is 5. The molecule has 1 atom stereocenters. The van der Waals surface area contributed by atoms with Crippen LogP contribution in [0, 0.1) is 5.92 Å². The van der Waals surface area contributed by atoms with Gasteiger partial charge >= 0.3 is 0 Å². The summed E-state index contributed by atoms with van der Waals surface area (Å²) in [7, 11) is 0. The molecule has 1 amide bonds. The number of nitrogens with one attached hydrogen (secondary N) is 2. The van der Waals surface area contributed by atoms with Crippen LogP contribution in [0.4, 0.5) is 0 Å². The maximum Gasteiger partial charge on any atom is 0.275 e. The summed E-state index contributed by atoms with van der Waals surface area (Å²) < 4.78 is 0. The van der Waals surface area contributed by atoms with Crippen LogP contribution >= 0.6 is 0 Å². The van der Waals surface area contributed by atoms with Crippen molar-refractivity contribution >= 4 is 28.1 Å². The lowest BCUT2D eigenvalue weighted by Crippen LogP contribution is -2.33. The first-order chi connectivity index (χ1) is 12.2. The first kappa shape index (κ1) is 14.6. The maximum atomic E-state index is 12.4. The van der Waals surface area contributed by atoms with Gasteiger partial charge in [0.15, 0.2) is 5.65 Å². The third-order valence-electron chi connectivity index (χ3n) is 5.41. The highest BCUT2D eigenvalue weighted by Gasteiger charge is 2.34. The molecule has 1 saturated heterocycles. The number of aromatic nitrogens is 5. The van der Waals surface area contributed by atoms with E-state index in [0.717, 1.165) is 6.54 Å². The molecule has 128 valence electrons. The maximum absolute atomic E-state index is 12.4. The van der Waals surface area contributed by atoms with Crippen LogP contribution in [-0.4, -0.2) is 48.8 Å².